The van der Waals surface area contributed by atoms with Crippen molar-refractivity contribution in [1.82, 2.24) is 0 Å². The maximum absolute atomic E-state index is 13.1. The zero-order valence-electron chi connectivity index (χ0n) is 18.0. The molecule has 0 saturated carbocycles. The number of carbonyl (C=O) groups excluding carboxylic acids is 2. The van der Waals surface area contributed by atoms with Crippen LogP contribution in [-0.2, 0) is 4.79 Å². The summed E-state index contributed by atoms with van der Waals surface area (Å²) in [5.74, 6) is 0.579. The van der Waals surface area contributed by atoms with Crippen molar-refractivity contribution in [2.45, 2.75) is 12.3 Å². The van der Waals surface area contributed by atoms with Gasteiger partial charge < -0.3 is 24.1 Å². The van der Waals surface area contributed by atoms with E-state index in [0.29, 0.717) is 45.3 Å². The molecule has 0 spiro atoms. The van der Waals surface area contributed by atoms with Crippen LogP contribution in [0.25, 0.3) is 6.08 Å². The van der Waals surface area contributed by atoms with E-state index in [9.17, 15) is 14.7 Å². The van der Waals surface area contributed by atoms with E-state index >= 15 is 0 Å². The average molecular weight is 444 g/mol. The molecule has 2 aliphatic rings. The van der Waals surface area contributed by atoms with Crippen LogP contribution in [-0.4, -0.2) is 31.1 Å². The number of hydrogen-bond donors (Lipinski definition) is 1. The molecule has 0 amide bonds. The molecule has 1 atom stereocenters. The molecule has 0 fully saturated rings. The number of phenolic OH excluding ortho intramolecular Hbond substituents is 1. The Labute approximate surface area is 189 Å². The summed E-state index contributed by atoms with van der Waals surface area (Å²) in [6, 6.07) is 15.5. The van der Waals surface area contributed by atoms with Gasteiger partial charge in [0.25, 0.3) is 0 Å². The van der Waals surface area contributed by atoms with Crippen molar-refractivity contribution in [2.24, 2.45) is 0 Å². The number of hydrogen-bond acceptors (Lipinski definition) is 7. The number of ether oxygens (including phenoxy) is 4. The number of ketones is 1. The van der Waals surface area contributed by atoms with Gasteiger partial charge in [0.15, 0.2) is 17.3 Å². The van der Waals surface area contributed by atoms with E-state index in [1.54, 1.807) is 49.6 Å². The Hall–Kier alpha value is -4.26. The fraction of sp³-hybridized carbons (Fsp3) is 0.154. The Kier molecular flexibility index (Phi) is 5.01. The Morgan fingerprint density at radius 2 is 1.76 bits per heavy atom. The van der Waals surface area contributed by atoms with Gasteiger partial charge >= 0.3 is 5.97 Å². The van der Waals surface area contributed by atoms with Crippen LogP contribution < -0.4 is 18.9 Å². The van der Waals surface area contributed by atoms with Gasteiger partial charge in [-0.25, -0.2) is 0 Å². The quantitative estimate of drug-likeness (QED) is 0.361. The summed E-state index contributed by atoms with van der Waals surface area (Å²) in [6.07, 6.45) is 1.68. The van der Waals surface area contributed by atoms with Crippen molar-refractivity contribution < 1.29 is 33.6 Å². The minimum Gasteiger partial charge on any atom is -0.504 e. The van der Waals surface area contributed by atoms with Crippen LogP contribution in [0.4, 0.5) is 0 Å². The van der Waals surface area contributed by atoms with E-state index in [1.165, 1.54) is 7.11 Å². The normalized spacial score (nSPS) is 17.8. The number of Topliss-reactive ketones (excluding diaryl/α,β-unsaturated/α-hetero) is 1. The Morgan fingerprint density at radius 1 is 0.970 bits per heavy atom. The van der Waals surface area contributed by atoms with Crippen molar-refractivity contribution in [1.29, 1.82) is 0 Å². The first kappa shape index (κ1) is 20.6. The number of fused-ring (bicyclic) bond motifs is 3. The van der Waals surface area contributed by atoms with Gasteiger partial charge in [-0.3, -0.25) is 9.59 Å². The lowest BCUT2D eigenvalue weighted by atomic mass is 9.84. The molecule has 0 aromatic heterocycles. The van der Waals surface area contributed by atoms with Crippen LogP contribution in [0, 0.1) is 0 Å². The summed E-state index contributed by atoms with van der Waals surface area (Å²) in [4.78, 5) is 25.4. The zero-order valence-corrected chi connectivity index (χ0v) is 18.0. The summed E-state index contributed by atoms with van der Waals surface area (Å²) in [6.45, 7) is 0. The summed E-state index contributed by atoms with van der Waals surface area (Å²) in [7, 11) is 3.02. The van der Waals surface area contributed by atoms with Gasteiger partial charge in [0.2, 0.25) is 5.78 Å². The summed E-state index contributed by atoms with van der Waals surface area (Å²) in [5, 5.41) is 10.3. The Bertz CT molecular complexity index is 1320. The second kappa shape index (κ2) is 8.02. The van der Waals surface area contributed by atoms with E-state index in [2.05, 4.69) is 0 Å². The van der Waals surface area contributed by atoms with E-state index in [0.717, 1.165) is 0 Å². The molecule has 166 valence electrons. The number of rotatable bonds is 4. The first-order chi connectivity index (χ1) is 16.0. The molecule has 33 heavy (non-hydrogen) atoms. The van der Waals surface area contributed by atoms with Gasteiger partial charge in [-0.2, -0.15) is 0 Å². The molecule has 7 nitrogen and oxygen atoms in total. The summed E-state index contributed by atoms with van der Waals surface area (Å²) >= 11 is 0. The SMILES string of the molecule is COc1ccc(C2CC(=O)Oc3ccc4c(c32)OC(=Cc2ccccc2OC)C4=O)cc1O. The van der Waals surface area contributed by atoms with Crippen molar-refractivity contribution in [2.75, 3.05) is 14.2 Å². The van der Waals surface area contributed by atoms with Crippen molar-refractivity contribution in [3.8, 4) is 28.7 Å². The monoisotopic (exact) mass is 444 g/mol. The minimum atomic E-state index is -0.466. The molecular formula is C26H20O7. The molecule has 1 N–H and O–H groups in total. The lowest BCUT2D eigenvalue weighted by Crippen LogP contribution is -2.21. The Morgan fingerprint density at radius 3 is 2.52 bits per heavy atom. The molecule has 0 aliphatic carbocycles. The predicted molar refractivity (Wildman–Crippen MR) is 119 cm³/mol. The van der Waals surface area contributed by atoms with Crippen LogP contribution in [0.5, 0.6) is 28.7 Å². The van der Waals surface area contributed by atoms with Gasteiger partial charge in [-0.15, -0.1) is 0 Å². The van der Waals surface area contributed by atoms with Gasteiger partial charge in [-0.1, -0.05) is 24.3 Å². The second-order valence-electron chi connectivity index (χ2n) is 7.70. The number of methoxy groups -OCH3 is 2. The van der Waals surface area contributed by atoms with Crippen molar-refractivity contribution in [3.05, 3.63) is 82.6 Å². The van der Waals surface area contributed by atoms with Crippen molar-refractivity contribution >= 4 is 17.8 Å². The van der Waals surface area contributed by atoms with Crippen LogP contribution >= 0.6 is 0 Å². The molecule has 3 aromatic carbocycles. The lowest BCUT2D eigenvalue weighted by molar-refractivity contribution is -0.135. The van der Waals surface area contributed by atoms with Crippen LogP contribution in [0.1, 0.15) is 39.4 Å². The van der Waals surface area contributed by atoms with Gasteiger partial charge in [0.05, 0.1) is 26.2 Å². The first-order valence-corrected chi connectivity index (χ1v) is 10.3. The third-order valence-electron chi connectivity index (χ3n) is 5.81. The molecule has 2 aliphatic heterocycles. The molecule has 0 bridgehead atoms. The standard InChI is InChI=1S/C26H20O7/c1-30-19-6-4-3-5-15(19)12-22-25(29)16-8-10-21-24(26(16)33-22)17(13-23(28)32-21)14-7-9-20(31-2)18(27)11-14/h3-12,17,27H,13H2,1-2H3. The lowest BCUT2D eigenvalue weighted by Gasteiger charge is -2.26. The maximum Gasteiger partial charge on any atom is 0.312 e. The molecule has 2 heterocycles. The largest absolute Gasteiger partial charge is 0.504 e. The number of para-hydroxylation sites is 1. The van der Waals surface area contributed by atoms with E-state index in [4.69, 9.17) is 18.9 Å². The fourth-order valence-corrected chi connectivity index (χ4v) is 4.24. The number of phenols is 1. The summed E-state index contributed by atoms with van der Waals surface area (Å²) in [5.41, 5.74) is 2.36. The number of benzene rings is 3. The summed E-state index contributed by atoms with van der Waals surface area (Å²) < 4.78 is 22.0. The Balaban J connectivity index is 1.61. The van der Waals surface area contributed by atoms with Crippen LogP contribution in [0.3, 0.4) is 0 Å². The first-order valence-electron chi connectivity index (χ1n) is 10.3. The number of aromatic hydroxyl groups is 1. The predicted octanol–water partition coefficient (Wildman–Crippen LogP) is 4.47. The second-order valence-corrected chi connectivity index (χ2v) is 7.70. The topological polar surface area (TPSA) is 91.3 Å². The van der Waals surface area contributed by atoms with Gasteiger partial charge in [0, 0.05) is 17.0 Å². The highest BCUT2D eigenvalue weighted by atomic mass is 16.5. The number of esters is 1. The smallest absolute Gasteiger partial charge is 0.312 e. The molecule has 0 saturated heterocycles. The van der Waals surface area contributed by atoms with Crippen molar-refractivity contribution in [3.63, 3.8) is 0 Å². The van der Waals surface area contributed by atoms with Crippen LogP contribution in [0.2, 0.25) is 0 Å². The van der Waals surface area contributed by atoms with E-state index in [-0.39, 0.29) is 23.7 Å². The van der Waals surface area contributed by atoms with Crippen LogP contribution in [0.15, 0.2) is 60.4 Å². The molecule has 5 rings (SSSR count). The fourth-order valence-electron chi connectivity index (χ4n) is 4.24. The van der Waals surface area contributed by atoms with E-state index < -0.39 is 11.9 Å². The maximum atomic E-state index is 13.1. The molecular weight excluding hydrogens is 424 g/mol. The number of carbonyl (C=O) groups is 2. The average Bonchev–Trinajstić information content (AvgIpc) is 3.13. The highest BCUT2D eigenvalue weighted by Crippen LogP contribution is 2.49. The highest BCUT2D eigenvalue weighted by molar-refractivity contribution is 6.15. The third-order valence-corrected chi connectivity index (χ3v) is 5.81. The third kappa shape index (κ3) is 3.47. The van der Waals surface area contributed by atoms with Gasteiger partial charge in [-0.05, 0) is 42.0 Å². The zero-order chi connectivity index (χ0) is 23.1. The van der Waals surface area contributed by atoms with Gasteiger partial charge in [0.1, 0.15) is 17.2 Å². The molecule has 7 heteroatoms. The molecule has 1 unspecified atom stereocenters. The molecule has 3 aromatic rings. The highest BCUT2D eigenvalue weighted by Gasteiger charge is 2.38. The minimum absolute atomic E-state index is 0.0400. The van der Waals surface area contributed by atoms with E-state index in [1.807, 2.05) is 18.2 Å². The number of allylic oxidation sites excluding steroid dienone is 1. The molecule has 0 radical (unpaired) electrons.